The first-order valence-electron chi connectivity index (χ1n) is 10.1. The van der Waals surface area contributed by atoms with Crippen LogP contribution in [-0.2, 0) is 16.1 Å². The monoisotopic (exact) mass is 430 g/mol. The fourth-order valence-corrected chi connectivity index (χ4v) is 3.76. The lowest BCUT2D eigenvalue weighted by Crippen LogP contribution is -2.40. The van der Waals surface area contributed by atoms with Crippen LogP contribution in [0.3, 0.4) is 0 Å². The fraction of sp³-hybridized carbons (Fsp3) is 0.391. The predicted molar refractivity (Wildman–Crippen MR) is 114 cm³/mol. The van der Waals surface area contributed by atoms with Crippen molar-refractivity contribution in [2.45, 2.75) is 19.4 Å². The normalized spacial score (nSPS) is 16.5. The van der Waals surface area contributed by atoms with Crippen LogP contribution in [0, 0.1) is 11.7 Å². The molecular weight excluding hydrogens is 403 g/mol. The van der Waals surface area contributed by atoms with Gasteiger partial charge in [0.25, 0.3) is 0 Å². The molecule has 1 fully saturated rings. The van der Waals surface area contributed by atoms with Gasteiger partial charge in [0, 0.05) is 25.2 Å². The van der Waals surface area contributed by atoms with Gasteiger partial charge in [-0.25, -0.2) is 9.18 Å². The van der Waals surface area contributed by atoms with Gasteiger partial charge in [0.15, 0.2) is 11.5 Å². The Morgan fingerprint density at radius 1 is 1.10 bits per heavy atom. The third kappa shape index (κ3) is 5.52. The number of ether oxygens (including phenoxy) is 3. The number of rotatable bonds is 7. The van der Waals surface area contributed by atoms with E-state index in [1.54, 1.807) is 18.2 Å². The number of nitrogens with zero attached hydrogens (tertiary/aromatic N) is 1. The lowest BCUT2D eigenvalue weighted by Gasteiger charge is -2.32. The zero-order valence-electron chi connectivity index (χ0n) is 17.9. The number of benzene rings is 2. The number of hydrogen-bond donors (Lipinski definition) is 1. The van der Waals surface area contributed by atoms with Crippen molar-refractivity contribution in [1.82, 2.24) is 4.90 Å². The second-order valence-electron chi connectivity index (χ2n) is 7.43. The van der Waals surface area contributed by atoms with Crippen LogP contribution in [0.4, 0.5) is 10.1 Å². The Morgan fingerprint density at radius 2 is 1.77 bits per heavy atom. The molecule has 1 atom stereocenters. The van der Waals surface area contributed by atoms with Crippen molar-refractivity contribution in [3.63, 3.8) is 0 Å². The van der Waals surface area contributed by atoms with Crippen LogP contribution in [-0.4, -0.2) is 51.2 Å². The van der Waals surface area contributed by atoms with Gasteiger partial charge in [0.1, 0.15) is 5.82 Å². The van der Waals surface area contributed by atoms with Crippen LogP contribution in [0.1, 0.15) is 28.8 Å². The number of methoxy groups -OCH3 is 3. The minimum Gasteiger partial charge on any atom is -0.493 e. The standard InChI is InChI=1S/C23H27FN2O5/c1-29-20-11-18(23(28)31-3)19(12-21(20)30-2)25-22(27)16-5-4-10-26(14-16)13-15-6-8-17(24)9-7-15/h6-9,11-12,16H,4-5,10,13-14H2,1-3H3,(H,25,27)/t16-/m0/s1. The number of hydrogen-bond acceptors (Lipinski definition) is 6. The van der Waals surface area contributed by atoms with Gasteiger partial charge in [0.2, 0.25) is 5.91 Å². The molecule has 166 valence electrons. The van der Waals surface area contributed by atoms with Crippen molar-refractivity contribution in [1.29, 1.82) is 0 Å². The third-order valence-corrected chi connectivity index (χ3v) is 5.38. The Balaban J connectivity index is 1.74. The average molecular weight is 430 g/mol. The topological polar surface area (TPSA) is 77.1 Å². The van der Waals surface area contributed by atoms with Gasteiger partial charge in [-0.05, 0) is 37.1 Å². The number of nitrogens with one attached hydrogen (secondary N) is 1. The summed E-state index contributed by atoms with van der Waals surface area (Å²) in [6, 6.07) is 9.43. The highest BCUT2D eigenvalue weighted by Crippen LogP contribution is 2.34. The number of likely N-dealkylation sites (tertiary alicyclic amines) is 1. The molecule has 1 heterocycles. The molecule has 0 bridgehead atoms. The number of esters is 1. The summed E-state index contributed by atoms with van der Waals surface area (Å²) in [4.78, 5) is 27.4. The quantitative estimate of drug-likeness (QED) is 0.678. The van der Waals surface area contributed by atoms with Crippen molar-refractivity contribution in [2.24, 2.45) is 5.92 Å². The summed E-state index contributed by atoms with van der Waals surface area (Å²) in [5.41, 5.74) is 1.49. The summed E-state index contributed by atoms with van der Waals surface area (Å²) in [7, 11) is 4.23. The molecule has 1 aliphatic rings. The second kappa shape index (κ2) is 10.3. The highest BCUT2D eigenvalue weighted by Gasteiger charge is 2.27. The molecule has 8 heteroatoms. The molecule has 1 saturated heterocycles. The Labute approximate surface area is 181 Å². The van der Waals surface area contributed by atoms with Crippen molar-refractivity contribution < 1.29 is 28.2 Å². The lowest BCUT2D eigenvalue weighted by molar-refractivity contribution is -0.121. The summed E-state index contributed by atoms with van der Waals surface area (Å²) in [5.74, 6) is -0.515. The summed E-state index contributed by atoms with van der Waals surface area (Å²) >= 11 is 0. The van der Waals surface area contributed by atoms with Crippen LogP contribution < -0.4 is 14.8 Å². The van der Waals surface area contributed by atoms with Crippen molar-refractivity contribution in [3.05, 3.63) is 53.3 Å². The molecule has 1 amide bonds. The molecule has 2 aromatic carbocycles. The molecule has 2 aromatic rings. The van der Waals surface area contributed by atoms with Crippen LogP contribution in [0.25, 0.3) is 0 Å². The Kier molecular flexibility index (Phi) is 7.46. The van der Waals surface area contributed by atoms with E-state index in [0.29, 0.717) is 30.3 Å². The van der Waals surface area contributed by atoms with Gasteiger partial charge < -0.3 is 19.5 Å². The van der Waals surface area contributed by atoms with Gasteiger partial charge in [-0.1, -0.05) is 12.1 Å². The highest BCUT2D eigenvalue weighted by molar-refractivity contribution is 6.02. The van der Waals surface area contributed by atoms with E-state index in [-0.39, 0.29) is 23.2 Å². The Bertz CT molecular complexity index is 932. The second-order valence-corrected chi connectivity index (χ2v) is 7.43. The van der Waals surface area contributed by atoms with Crippen LogP contribution in [0.2, 0.25) is 0 Å². The lowest BCUT2D eigenvalue weighted by atomic mass is 9.96. The van der Waals surface area contributed by atoms with E-state index < -0.39 is 5.97 Å². The number of halogens is 1. The maximum absolute atomic E-state index is 13.1. The van der Waals surface area contributed by atoms with Gasteiger partial charge in [-0.15, -0.1) is 0 Å². The fourth-order valence-electron chi connectivity index (χ4n) is 3.76. The first-order valence-corrected chi connectivity index (χ1v) is 10.1. The van der Waals surface area contributed by atoms with Gasteiger partial charge in [-0.3, -0.25) is 9.69 Å². The van der Waals surface area contributed by atoms with Gasteiger partial charge >= 0.3 is 5.97 Å². The van der Waals surface area contributed by atoms with E-state index in [2.05, 4.69) is 10.2 Å². The van der Waals surface area contributed by atoms with Crippen LogP contribution >= 0.6 is 0 Å². The Hall–Kier alpha value is -3.13. The van der Waals surface area contributed by atoms with Gasteiger partial charge in [-0.2, -0.15) is 0 Å². The molecule has 0 spiro atoms. The van der Waals surface area contributed by atoms with E-state index in [4.69, 9.17) is 14.2 Å². The predicted octanol–water partition coefficient (Wildman–Crippen LogP) is 3.48. The maximum atomic E-state index is 13.1. The molecule has 1 N–H and O–H groups in total. The van der Waals surface area contributed by atoms with E-state index in [1.807, 2.05) is 0 Å². The average Bonchev–Trinajstić information content (AvgIpc) is 2.79. The molecule has 1 aliphatic heterocycles. The first-order chi connectivity index (χ1) is 14.9. The summed E-state index contributed by atoms with van der Waals surface area (Å²) in [6.07, 6.45) is 1.61. The van der Waals surface area contributed by atoms with Crippen molar-refractivity contribution in [3.8, 4) is 11.5 Å². The highest BCUT2D eigenvalue weighted by atomic mass is 19.1. The largest absolute Gasteiger partial charge is 0.493 e. The number of carbonyl (C=O) groups is 2. The smallest absolute Gasteiger partial charge is 0.340 e. The summed E-state index contributed by atoms with van der Waals surface area (Å²) < 4.78 is 28.5. The molecule has 0 unspecified atom stereocenters. The summed E-state index contributed by atoms with van der Waals surface area (Å²) in [5, 5.41) is 2.86. The molecule has 0 aliphatic carbocycles. The van der Waals surface area contributed by atoms with E-state index in [9.17, 15) is 14.0 Å². The zero-order valence-corrected chi connectivity index (χ0v) is 17.9. The number of amides is 1. The molecular formula is C23H27FN2O5. The zero-order chi connectivity index (χ0) is 22.4. The molecule has 0 aromatic heterocycles. The minimum absolute atomic E-state index is 0.179. The van der Waals surface area contributed by atoms with E-state index >= 15 is 0 Å². The van der Waals surface area contributed by atoms with Crippen LogP contribution in [0.15, 0.2) is 36.4 Å². The van der Waals surface area contributed by atoms with Crippen LogP contribution in [0.5, 0.6) is 11.5 Å². The first kappa shape index (κ1) is 22.6. The van der Waals surface area contributed by atoms with Crippen molar-refractivity contribution >= 4 is 17.6 Å². The third-order valence-electron chi connectivity index (χ3n) is 5.38. The summed E-state index contributed by atoms with van der Waals surface area (Å²) in [6.45, 7) is 2.09. The maximum Gasteiger partial charge on any atom is 0.340 e. The van der Waals surface area contributed by atoms with Crippen molar-refractivity contribution in [2.75, 3.05) is 39.7 Å². The number of carbonyl (C=O) groups excluding carboxylic acids is 2. The molecule has 0 radical (unpaired) electrons. The Morgan fingerprint density at radius 3 is 2.42 bits per heavy atom. The van der Waals surface area contributed by atoms with E-state index in [1.165, 1.54) is 39.5 Å². The molecule has 3 rings (SSSR count). The number of anilines is 1. The SMILES string of the molecule is COC(=O)c1cc(OC)c(OC)cc1NC(=O)[C@H]1CCCN(Cc2ccc(F)cc2)C1. The van der Waals surface area contributed by atoms with E-state index in [0.717, 1.165) is 24.9 Å². The molecule has 0 saturated carbocycles. The molecule has 31 heavy (non-hydrogen) atoms. The number of piperidine rings is 1. The minimum atomic E-state index is -0.585. The molecule has 7 nitrogen and oxygen atoms in total. The van der Waals surface area contributed by atoms with Gasteiger partial charge in [0.05, 0.1) is 38.5 Å².